The zero-order chi connectivity index (χ0) is 13.0. The van der Waals surface area contributed by atoms with Crippen molar-refractivity contribution in [2.24, 2.45) is 0 Å². The average molecular weight is 305 g/mol. The normalized spacial score (nSPS) is 10.4. The molecule has 0 aliphatic carbocycles. The predicted octanol–water partition coefficient (Wildman–Crippen LogP) is 4.12. The van der Waals surface area contributed by atoms with Gasteiger partial charge in [-0.1, -0.05) is 23.8 Å². The van der Waals surface area contributed by atoms with E-state index >= 15 is 0 Å². The SMILES string of the molecule is Cc1ccc(CCNc2ccc(Br)cn2)c(C)c1. The summed E-state index contributed by atoms with van der Waals surface area (Å²) in [5.41, 5.74) is 4.07. The van der Waals surface area contributed by atoms with Gasteiger partial charge in [0.15, 0.2) is 0 Å². The number of nitrogens with zero attached hydrogens (tertiary/aromatic N) is 1. The molecular formula is C15H17BrN2. The van der Waals surface area contributed by atoms with E-state index in [1.807, 2.05) is 12.1 Å². The van der Waals surface area contributed by atoms with Crippen LogP contribution in [-0.4, -0.2) is 11.5 Å². The number of hydrogen-bond donors (Lipinski definition) is 1. The number of anilines is 1. The van der Waals surface area contributed by atoms with Crippen LogP contribution in [0.15, 0.2) is 41.0 Å². The summed E-state index contributed by atoms with van der Waals surface area (Å²) in [7, 11) is 0. The Hall–Kier alpha value is -1.35. The average Bonchev–Trinajstić information content (AvgIpc) is 2.34. The molecule has 2 rings (SSSR count). The highest BCUT2D eigenvalue weighted by Gasteiger charge is 1.99. The second-order valence-electron chi connectivity index (χ2n) is 4.47. The van der Waals surface area contributed by atoms with Gasteiger partial charge in [0.25, 0.3) is 0 Å². The van der Waals surface area contributed by atoms with Gasteiger partial charge in [0, 0.05) is 17.2 Å². The summed E-state index contributed by atoms with van der Waals surface area (Å²) in [6.45, 7) is 5.19. The highest BCUT2D eigenvalue weighted by atomic mass is 79.9. The first kappa shape index (κ1) is 13.1. The van der Waals surface area contributed by atoms with Crippen LogP contribution in [0.5, 0.6) is 0 Å². The van der Waals surface area contributed by atoms with Gasteiger partial charge in [0.1, 0.15) is 5.82 Å². The number of benzene rings is 1. The Morgan fingerprint density at radius 2 is 2.00 bits per heavy atom. The summed E-state index contributed by atoms with van der Waals surface area (Å²) >= 11 is 3.38. The summed E-state index contributed by atoms with van der Waals surface area (Å²) in [6.07, 6.45) is 2.82. The van der Waals surface area contributed by atoms with Gasteiger partial charge in [-0.05, 0) is 59.5 Å². The maximum absolute atomic E-state index is 4.29. The lowest BCUT2D eigenvalue weighted by atomic mass is 10.0. The molecular weight excluding hydrogens is 288 g/mol. The van der Waals surface area contributed by atoms with Gasteiger partial charge in [0.2, 0.25) is 0 Å². The third-order valence-electron chi connectivity index (χ3n) is 2.93. The fourth-order valence-electron chi connectivity index (χ4n) is 1.93. The minimum atomic E-state index is 0.901. The van der Waals surface area contributed by atoms with Crippen molar-refractivity contribution in [3.05, 3.63) is 57.7 Å². The molecule has 0 bridgehead atoms. The van der Waals surface area contributed by atoms with E-state index in [9.17, 15) is 0 Å². The smallest absolute Gasteiger partial charge is 0.125 e. The fraction of sp³-hybridized carbons (Fsp3) is 0.267. The van der Waals surface area contributed by atoms with Crippen molar-refractivity contribution in [3.63, 3.8) is 0 Å². The Kier molecular flexibility index (Phi) is 4.37. The van der Waals surface area contributed by atoms with Crippen molar-refractivity contribution in [2.75, 3.05) is 11.9 Å². The fourth-order valence-corrected chi connectivity index (χ4v) is 2.17. The highest BCUT2D eigenvalue weighted by molar-refractivity contribution is 9.10. The number of nitrogens with one attached hydrogen (secondary N) is 1. The molecule has 18 heavy (non-hydrogen) atoms. The van der Waals surface area contributed by atoms with E-state index in [0.717, 1.165) is 23.3 Å². The molecule has 2 aromatic rings. The van der Waals surface area contributed by atoms with Crippen LogP contribution in [0.4, 0.5) is 5.82 Å². The number of rotatable bonds is 4. The van der Waals surface area contributed by atoms with Crippen LogP contribution in [0, 0.1) is 13.8 Å². The highest BCUT2D eigenvalue weighted by Crippen LogP contribution is 2.13. The van der Waals surface area contributed by atoms with E-state index in [4.69, 9.17) is 0 Å². The van der Waals surface area contributed by atoms with Crippen LogP contribution in [0.2, 0.25) is 0 Å². The van der Waals surface area contributed by atoms with E-state index in [2.05, 4.69) is 58.3 Å². The molecule has 1 heterocycles. The monoisotopic (exact) mass is 304 g/mol. The predicted molar refractivity (Wildman–Crippen MR) is 80.0 cm³/mol. The maximum atomic E-state index is 4.29. The summed E-state index contributed by atoms with van der Waals surface area (Å²) in [5, 5.41) is 3.33. The van der Waals surface area contributed by atoms with Gasteiger partial charge in [-0.3, -0.25) is 0 Å². The van der Waals surface area contributed by atoms with Gasteiger partial charge < -0.3 is 5.32 Å². The van der Waals surface area contributed by atoms with E-state index < -0.39 is 0 Å². The van der Waals surface area contributed by atoms with Gasteiger partial charge in [0.05, 0.1) is 0 Å². The molecule has 0 aliphatic rings. The lowest BCUT2D eigenvalue weighted by Gasteiger charge is -2.08. The van der Waals surface area contributed by atoms with Crippen molar-refractivity contribution in [2.45, 2.75) is 20.3 Å². The van der Waals surface area contributed by atoms with Crippen LogP contribution in [0.3, 0.4) is 0 Å². The molecule has 0 atom stereocenters. The van der Waals surface area contributed by atoms with E-state index in [0.29, 0.717) is 0 Å². The quantitative estimate of drug-likeness (QED) is 0.919. The minimum absolute atomic E-state index is 0.901. The number of hydrogen-bond acceptors (Lipinski definition) is 2. The molecule has 1 N–H and O–H groups in total. The van der Waals surface area contributed by atoms with Gasteiger partial charge in [-0.25, -0.2) is 4.98 Å². The molecule has 1 aromatic heterocycles. The molecule has 2 nitrogen and oxygen atoms in total. The van der Waals surface area contributed by atoms with Crippen molar-refractivity contribution >= 4 is 21.7 Å². The third-order valence-corrected chi connectivity index (χ3v) is 3.40. The number of aromatic nitrogens is 1. The van der Waals surface area contributed by atoms with Crippen molar-refractivity contribution < 1.29 is 0 Å². The largest absolute Gasteiger partial charge is 0.370 e. The van der Waals surface area contributed by atoms with Crippen molar-refractivity contribution in [1.82, 2.24) is 4.98 Å². The molecule has 1 aromatic carbocycles. The van der Waals surface area contributed by atoms with Crippen LogP contribution in [0.25, 0.3) is 0 Å². The molecule has 0 fully saturated rings. The molecule has 0 aliphatic heterocycles. The maximum Gasteiger partial charge on any atom is 0.125 e. The second-order valence-corrected chi connectivity index (χ2v) is 5.38. The van der Waals surface area contributed by atoms with E-state index in [1.165, 1.54) is 16.7 Å². The molecule has 0 radical (unpaired) electrons. The van der Waals surface area contributed by atoms with E-state index in [1.54, 1.807) is 6.20 Å². The number of halogens is 1. The zero-order valence-electron chi connectivity index (χ0n) is 10.7. The Morgan fingerprint density at radius 3 is 2.67 bits per heavy atom. The molecule has 0 saturated heterocycles. The third kappa shape index (κ3) is 3.57. The molecule has 0 amide bonds. The van der Waals surface area contributed by atoms with Gasteiger partial charge in [-0.15, -0.1) is 0 Å². The van der Waals surface area contributed by atoms with Crippen molar-refractivity contribution in [1.29, 1.82) is 0 Å². The Balaban J connectivity index is 1.90. The Labute approximate surface area is 117 Å². The first-order valence-electron chi connectivity index (χ1n) is 6.07. The standard InChI is InChI=1S/C15H17BrN2/c1-11-3-4-13(12(2)9-11)7-8-17-15-6-5-14(16)10-18-15/h3-6,9-10H,7-8H2,1-2H3,(H,17,18). The molecule has 0 spiro atoms. The zero-order valence-corrected chi connectivity index (χ0v) is 12.3. The summed E-state index contributed by atoms with van der Waals surface area (Å²) in [4.78, 5) is 4.29. The first-order valence-corrected chi connectivity index (χ1v) is 6.86. The molecule has 3 heteroatoms. The lowest BCUT2D eigenvalue weighted by Crippen LogP contribution is -2.07. The second kappa shape index (κ2) is 6.01. The number of pyridine rings is 1. The summed E-state index contributed by atoms with van der Waals surface area (Å²) in [6, 6.07) is 10.6. The summed E-state index contributed by atoms with van der Waals surface area (Å²) in [5.74, 6) is 0.919. The van der Waals surface area contributed by atoms with Crippen LogP contribution < -0.4 is 5.32 Å². The van der Waals surface area contributed by atoms with E-state index in [-0.39, 0.29) is 0 Å². The topological polar surface area (TPSA) is 24.9 Å². The first-order chi connectivity index (χ1) is 8.65. The Morgan fingerprint density at radius 1 is 1.17 bits per heavy atom. The lowest BCUT2D eigenvalue weighted by molar-refractivity contribution is 0.991. The van der Waals surface area contributed by atoms with Crippen molar-refractivity contribution in [3.8, 4) is 0 Å². The van der Waals surface area contributed by atoms with Crippen LogP contribution in [0.1, 0.15) is 16.7 Å². The van der Waals surface area contributed by atoms with Gasteiger partial charge in [-0.2, -0.15) is 0 Å². The van der Waals surface area contributed by atoms with Gasteiger partial charge >= 0.3 is 0 Å². The molecule has 94 valence electrons. The summed E-state index contributed by atoms with van der Waals surface area (Å²) < 4.78 is 1.00. The molecule has 0 unspecified atom stereocenters. The Bertz CT molecular complexity index is 521. The minimum Gasteiger partial charge on any atom is -0.370 e. The van der Waals surface area contributed by atoms with Crippen LogP contribution in [-0.2, 0) is 6.42 Å². The van der Waals surface area contributed by atoms with Crippen LogP contribution >= 0.6 is 15.9 Å². The molecule has 0 saturated carbocycles. The number of aryl methyl sites for hydroxylation is 2.